The second kappa shape index (κ2) is 7.05. The molecule has 112 valence electrons. The lowest BCUT2D eigenvalue weighted by molar-refractivity contribution is 0.307. The number of benzene rings is 2. The SMILES string of the molecule is NCc1nc(-c2cc(Br)ccc2OCc2ccccc2)cs1. The summed E-state index contributed by atoms with van der Waals surface area (Å²) >= 11 is 5.08. The molecule has 1 aromatic heterocycles. The third kappa shape index (κ3) is 3.55. The largest absolute Gasteiger partial charge is 0.488 e. The van der Waals surface area contributed by atoms with Crippen molar-refractivity contribution in [3.05, 3.63) is 69.0 Å². The summed E-state index contributed by atoms with van der Waals surface area (Å²) in [6, 6.07) is 16.1. The molecule has 5 heteroatoms. The van der Waals surface area contributed by atoms with Gasteiger partial charge < -0.3 is 10.5 Å². The smallest absolute Gasteiger partial charge is 0.129 e. The van der Waals surface area contributed by atoms with E-state index in [9.17, 15) is 0 Å². The van der Waals surface area contributed by atoms with Crippen molar-refractivity contribution in [1.29, 1.82) is 0 Å². The van der Waals surface area contributed by atoms with Crippen molar-refractivity contribution in [2.45, 2.75) is 13.2 Å². The zero-order valence-electron chi connectivity index (χ0n) is 11.8. The molecule has 1 heterocycles. The first-order valence-electron chi connectivity index (χ1n) is 6.87. The van der Waals surface area contributed by atoms with Crippen molar-refractivity contribution in [2.24, 2.45) is 5.73 Å². The van der Waals surface area contributed by atoms with E-state index in [1.54, 1.807) is 11.3 Å². The molecule has 3 aromatic rings. The highest BCUT2D eigenvalue weighted by Crippen LogP contribution is 2.33. The molecule has 0 unspecified atom stereocenters. The maximum atomic E-state index is 5.99. The molecule has 2 aromatic carbocycles. The number of ether oxygens (including phenoxy) is 1. The van der Waals surface area contributed by atoms with Gasteiger partial charge in [-0.15, -0.1) is 11.3 Å². The first-order valence-corrected chi connectivity index (χ1v) is 8.54. The predicted octanol–water partition coefficient (Wildman–Crippen LogP) is 4.61. The quantitative estimate of drug-likeness (QED) is 0.709. The molecule has 0 fully saturated rings. The molecule has 0 spiro atoms. The minimum atomic E-state index is 0.457. The average molecular weight is 375 g/mol. The average Bonchev–Trinajstić information content (AvgIpc) is 3.03. The highest BCUT2D eigenvalue weighted by molar-refractivity contribution is 9.10. The van der Waals surface area contributed by atoms with Crippen LogP contribution in [0.2, 0.25) is 0 Å². The number of nitrogens with two attached hydrogens (primary N) is 1. The number of nitrogens with zero attached hydrogens (tertiary/aromatic N) is 1. The molecule has 22 heavy (non-hydrogen) atoms. The van der Waals surface area contributed by atoms with Gasteiger partial charge in [0, 0.05) is 22.0 Å². The lowest BCUT2D eigenvalue weighted by Gasteiger charge is -2.11. The van der Waals surface area contributed by atoms with Gasteiger partial charge >= 0.3 is 0 Å². The molecular weight excluding hydrogens is 360 g/mol. The number of hydrogen-bond donors (Lipinski definition) is 1. The Kier molecular flexibility index (Phi) is 4.87. The van der Waals surface area contributed by atoms with Gasteiger partial charge in [0.05, 0.1) is 5.69 Å². The zero-order valence-corrected chi connectivity index (χ0v) is 14.2. The van der Waals surface area contributed by atoms with Gasteiger partial charge in [0.2, 0.25) is 0 Å². The van der Waals surface area contributed by atoms with Crippen LogP contribution in [0, 0.1) is 0 Å². The highest BCUT2D eigenvalue weighted by atomic mass is 79.9. The minimum Gasteiger partial charge on any atom is -0.488 e. The van der Waals surface area contributed by atoms with Crippen molar-refractivity contribution < 1.29 is 4.74 Å². The van der Waals surface area contributed by atoms with Crippen LogP contribution in [0.1, 0.15) is 10.6 Å². The van der Waals surface area contributed by atoms with E-state index >= 15 is 0 Å². The molecule has 3 rings (SSSR count). The highest BCUT2D eigenvalue weighted by Gasteiger charge is 2.11. The second-order valence-electron chi connectivity index (χ2n) is 4.75. The van der Waals surface area contributed by atoms with Crippen LogP contribution < -0.4 is 10.5 Å². The van der Waals surface area contributed by atoms with Gasteiger partial charge in [-0.25, -0.2) is 4.98 Å². The van der Waals surface area contributed by atoms with Gasteiger partial charge in [-0.3, -0.25) is 0 Å². The van der Waals surface area contributed by atoms with E-state index in [1.807, 2.05) is 53.9 Å². The molecule has 0 aliphatic heterocycles. The van der Waals surface area contributed by atoms with Gasteiger partial charge in [-0.1, -0.05) is 46.3 Å². The van der Waals surface area contributed by atoms with E-state index in [-0.39, 0.29) is 0 Å². The summed E-state index contributed by atoms with van der Waals surface area (Å²) in [5, 5.41) is 2.93. The number of hydrogen-bond acceptors (Lipinski definition) is 4. The number of halogens is 1. The summed E-state index contributed by atoms with van der Waals surface area (Å²) in [4.78, 5) is 4.55. The lowest BCUT2D eigenvalue weighted by Crippen LogP contribution is -1.98. The molecule has 0 bridgehead atoms. The summed E-state index contributed by atoms with van der Waals surface area (Å²) in [5.74, 6) is 0.820. The number of rotatable bonds is 5. The Morgan fingerprint density at radius 1 is 1.14 bits per heavy atom. The molecule has 2 N–H and O–H groups in total. The molecule has 3 nitrogen and oxygen atoms in total. The molecular formula is C17H15BrN2OS. The molecule has 0 radical (unpaired) electrons. The fourth-order valence-electron chi connectivity index (χ4n) is 2.09. The topological polar surface area (TPSA) is 48.1 Å². The Labute approximate surface area is 141 Å². The third-order valence-corrected chi connectivity index (χ3v) is 4.55. The predicted molar refractivity (Wildman–Crippen MR) is 93.9 cm³/mol. The van der Waals surface area contributed by atoms with Crippen LogP contribution in [0.3, 0.4) is 0 Å². The van der Waals surface area contributed by atoms with Crippen LogP contribution in [0.5, 0.6) is 5.75 Å². The van der Waals surface area contributed by atoms with Crippen LogP contribution in [0.15, 0.2) is 58.4 Å². The minimum absolute atomic E-state index is 0.457. The van der Waals surface area contributed by atoms with Crippen LogP contribution >= 0.6 is 27.3 Å². The standard InChI is InChI=1S/C17H15BrN2OS/c18-13-6-7-16(21-10-12-4-2-1-3-5-12)14(8-13)15-11-22-17(9-19)20-15/h1-8,11H,9-10,19H2. The van der Waals surface area contributed by atoms with E-state index in [4.69, 9.17) is 10.5 Å². The molecule has 0 aliphatic rings. The summed E-state index contributed by atoms with van der Waals surface area (Å²) in [6.45, 7) is 0.988. The maximum Gasteiger partial charge on any atom is 0.129 e. The Morgan fingerprint density at radius 2 is 1.95 bits per heavy atom. The van der Waals surface area contributed by atoms with E-state index in [1.165, 1.54) is 0 Å². The first kappa shape index (κ1) is 15.2. The van der Waals surface area contributed by atoms with Crippen LogP contribution in [-0.2, 0) is 13.2 Å². The molecule has 0 saturated heterocycles. The van der Waals surface area contributed by atoms with E-state index < -0.39 is 0 Å². The van der Waals surface area contributed by atoms with Gasteiger partial charge in [-0.05, 0) is 23.8 Å². The first-order chi connectivity index (χ1) is 10.8. The Balaban J connectivity index is 1.87. The van der Waals surface area contributed by atoms with Crippen LogP contribution in [0.4, 0.5) is 0 Å². The number of aromatic nitrogens is 1. The fourth-order valence-corrected chi connectivity index (χ4v) is 3.13. The van der Waals surface area contributed by atoms with Crippen molar-refractivity contribution in [3.8, 4) is 17.0 Å². The van der Waals surface area contributed by atoms with Crippen molar-refractivity contribution in [3.63, 3.8) is 0 Å². The summed E-state index contributed by atoms with van der Waals surface area (Å²) in [7, 11) is 0. The number of thiazole rings is 1. The molecule has 0 amide bonds. The third-order valence-electron chi connectivity index (χ3n) is 3.18. The summed E-state index contributed by atoms with van der Waals surface area (Å²) in [6.07, 6.45) is 0. The van der Waals surface area contributed by atoms with Crippen molar-refractivity contribution in [2.75, 3.05) is 0 Å². The lowest BCUT2D eigenvalue weighted by atomic mass is 10.1. The van der Waals surface area contributed by atoms with Gasteiger partial charge in [0.1, 0.15) is 17.4 Å². The van der Waals surface area contributed by atoms with Crippen LogP contribution in [0.25, 0.3) is 11.3 Å². The Hall–Kier alpha value is -1.69. The summed E-state index contributed by atoms with van der Waals surface area (Å²) in [5.41, 5.74) is 8.66. The molecule has 0 saturated carbocycles. The zero-order chi connectivity index (χ0) is 15.4. The van der Waals surface area contributed by atoms with Crippen LogP contribution in [-0.4, -0.2) is 4.98 Å². The van der Waals surface area contributed by atoms with Crippen molar-refractivity contribution in [1.82, 2.24) is 4.98 Å². The molecule has 0 aliphatic carbocycles. The summed E-state index contributed by atoms with van der Waals surface area (Å²) < 4.78 is 6.99. The maximum absolute atomic E-state index is 5.99. The van der Waals surface area contributed by atoms with E-state index in [0.29, 0.717) is 13.2 Å². The molecule has 0 atom stereocenters. The monoisotopic (exact) mass is 374 g/mol. The second-order valence-corrected chi connectivity index (χ2v) is 6.60. The fraction of sp³-hybridized carbons (Fsp3) is 0.118. The Bertz CT molecular complexity index is 758. The van der Waals surface area contributed by atoms with E-state index in [2.05, 4.69) is 20.9 Å². The van der Waals surface area contributed by atoms with Gasteiger partial charge in [-0.2, -0.15) is 0 Å². The normalized spacial score (nSPS) is 10.6. The van der Waals surface area contributed by atoms with Gasteiger partial charge in [0.15, 0.2) is 0 Å². The van der Waals surface area contributed by atoms with E-state index in [0.717, 1.165) is 32.1 Å². The van der Waals surface area contributed by atoms with Gasteiger partial charge in [0.25, 0.3) is 0 Å². The van der Waals surface area contributed by atoms with Crippen molar-refractivity contribution >= 4 is 27.3 Å². The Morgan fingerprint density at radius 3 is 2.68 bits per heavy atom.